The van der Waals surface area contributed by atoms with Gasteiger partial charge in [-0.05, 0) is 18.4 Å². The van der Waals surface area contributed by atoms with E-state index in [9.17, 15) is 0 Å². The molecule has 0 aliphatic heterocycles. The monoisotopic (exact) mass is 210 g/mol. The number of hydrogen-bond acceptors (Lipinski definition) is 5. The highest BCUT2D eigenvalue weighted by atomic mass is 16.3. The first kappa shape index (κ1) is 11.7. The lowest BCUT2D eigenvalue weighted by molar-refractivity contribution is 0.266. The van der Waals surface area contributed by atoms with Crippen molar-refractivity contribution in [1.29, 1.82) is 0 Å². The second-order valence-electron chi connectivity index (χ2n) is 3.51. The molecule has 3 N–H and O–H groups in total. The van der Waals surface area contributed by atoms with Gasteiger partial charge in [0.25, 0.3) is 0 Å². The molecule has 0 saturated heterocycles. The molecule has 5 nitrogen and oxygen atoms in total. The average Bonchev–Trinajstić information content (AvgIpc) is 2.27. The standard InChI is InChI=1S/C10H18N4O/c1-8(4-6-15)7-13-9-3-5-12-10(11-2)14-9/h3,5,8,15H,4,6-7H2,1-2H3,(H2,11,12,13,14). The Labute approximate surface area is 90.0 Å². The van der Waals surface area contributed by atoms with E-state index in [1.165, 1.54) is 0 Å². The highest BCUT2D eigenvalue weighted by molar-refractivity contribution is 5.38. The molecule has 0 saturated carbocycles. The van der Waals surface area contributed by atoms with E-state index in [2.05, 4.69) is 27.5 Å². The van der Waals surface area contributed by atoms with Crippen molar-refractivity contribution >= 4 is 11.8 Å². The van der Waals surface area contributed by atoms with Crippen LogP contribution in [-0.4, -0.2) is 35.3 Å². The van der Waals surface area contributed by atoms with Gasteiger partial charge in [-0.15, -0.1) is 0 Å². The fourth-order valence-corrected chi connectivity index (χ4v) is 1.18. The minimum Gasteiger partial charge on any atom is -0.396 e. The molecule has 1 rings (SSSR count). The number of nitrogens with one attached hydrogen (secondary N) is 2. The van der Waals surface area contributed by atoms with E-state index in [1.54, 1.807) is 13.2 Å². The average molecular weight is 210 g/mol. The van der Waals surface area contributed by atoms with Crippen LogP contribution in [0.1, 0.15) is 13.3 Å². The van der Waals surface area contributed by atoms with Crippen LogP contribution >= 0.6 is 0 Å². The van der Waals surface area contributed by atoms with Crippen molar-refractivity contribution in [2.75, 3.05) is 30.8 Å². The van der Waals surface area contributed by atoms with E-state index in [0.717, 1.165) is 18.8 Å². The molecule has 1 unspecified atom stereocenters. The molecule has 1 atom stereocenters. The van der Waals surface area contributed by atoms with Gasteiger partial charge in [-0.1, -0.05) is 6.92 Å². The molecule has 1 aromatic rings. The van der Waals surface area contributed by atoms with Gasteiger partial charge in [-0.25, -0.2) is 4.98 Å². The Morgan fingerprint density at radius 1 is 1.53 bits per heavy atom. The Balaban J connectivity index is 2.43. The molecule has 1 heterocycles. The number of aliphatic hydroxyl groups is 1. The van der Waals surface area contributed by atoms with Crippen LogP contribution in [0.3, 0.4) is 0 Å². The van der Waals surface area contributed by atoms with E-state index < -0.39 is 0 Å². The van der Waals surface area contributed by atoms with Crippen LogP contribution in [0, 0.1) is 5.92 Å². The Morgan fingerprint density at radius 3 is 3.00 bits per heavy atom. The molecule has 84 valence electrons. The molecule has 15 heavy (non-hydrogen) atoms. The number of aliphatic hydroxyl groups excluding tert-OH is 1. The second kappa shape index (κ2) is 6.19. The van der Waals surface area contributed by atoms with Crippen LogP contribution in [0.15, 0.2) is 12.3 Å². The van der Waals surface area contributed by atoms with E-state index in [4.69, 9.17) is 5.11 Å². The van der Waals surface area contributed by atoms with Crippen molar-refractivity contribution in [1.82, 2.24) is 9.97 Å². The van der Waals surface area contributed by atoms with E-state index >= 15 is 0 Å². The van der Waals surface area contributed by atoms with Crippen molar-refractivity contribution in [2.24, 2.45) is 5.92 Å². The van der Waals surface area contributed by atoms with Gasteiger partial charge in [0.05, 0.1) is 0 Å². The summed E-state index contributed by atoms with van der Waals surface area (Å²) in [6.07, 6.45) is 2.51. The van der Waals surface area contributed by atoms with E-state index in [0.29, 0.717) is 11.9 Å². The number of aromatic nitrogens is 2. The van der Waals surface area contributed by atoms with Crippen LogP contribution < -0.4 is 10.6 Å². The summed E-state index contributed by atoms with van der Waals surface area (Å²) in [5, 5.41) is 14.8. The minimum absolute atomic E-state index is 0.231. The molecule has 0 aromatic carbocycles. The first-order valence-corrected chi connectivity index (χ1v) is 5.11. The van der Waals surface area contributed by atoms with Gasteiger partial charge < -0.3 is 15.7 Å². The zero-order valence-corrected chi connectivity index (χ0v) is 9.20. The molecular weight excluding hydrogens is 192 g/mol. The molecule has 1 aromatic heterocycles. The summed E-state index contributed by atoms with van der Waals surface area (Å²) in [5.41, 5.74) is 0. The summed E-state index contributed by atoms with van der Waals surface area (Å²) >= 11 is 0. The number of nitrogens with zero attached hydrogens (tertiary/aromatic N) is 2. The van der Waals surface area contributed by atoms with Crippen LogP contribution in [0.4, 0.5) is 11.8 Å². The molecule has 0 aliphatic carbocycles. The van der Waals surface area contributed by atoms with Gasteiger partial charge in [0.2, 0.25) is 5.95 Å². The van der Waals surface area contributed by atoms with Gasteiger partial charge in [0.15, 0.2) is 0 Å². The molecule has 0 bridgehead atoms. The fraction of sp³-hybridized carbons (Fsp3) is 0.600. The SMILES string of the molecule is CNc1nccc(NCC(C)CCO)n1. The van der Waals surface area contributed by atoms with Crippen LogP contribution in [0.25, 0.3) is 0 Å². The molecule has 0 spiro atoms. The van der Waals surface area contributed by atoms with Gasteiger partial charge in [0.1, 0.15) is 5.82 Å². The zero-order chi connectivity index (χ0) is 11.1. The summed E-state index contributed by atoms with van der Waals surface area (Å²) in [7, 11) is 1.79. The molecule has 5 heteroatoms. The minimum atomic E-state index is 0.231. The number of anilines is 2. The van der Waals surface area contributed by atoms with Crippen LogP contribution in [0.2, 0.25) is 0 Å². The third-order valence-electron chi connectivity index (χ3n) is 2.13. The number of rotatable bonds is 6. The Bertz CT molecular complexity index is 293. The summed E-state index contributed by atoms with van der Waals surface area (Å²) in [4.78, 5) is 8.25. The molecule has 0 fully saturated rings. The van der Waals surface area contributed by atoms with Crippen molar-refractivity contribution < 1.29 is 5.11 Å². The third-order valence-corrected chi connectivity index (χ3v) is 2.13. The molecule has 0 amide bonds. The molecular formula is C10H18N4O. The van der Waals surface area contributed by atoms with Gasteiger partial charge in [-0.3, -0.25) is 0 Å². The Hall–Kier alpha value is -1.36. The van der Waals surface area contributed by atoms with Crippen molar-refractivity contribution in [3.8, 4) is 0 Å². The summed E-state index contributed by atoms with van der Waals surface area (Å²) in [6, 6.07) is 1.83. The van der Waals surface area contributed by atoms with E-state index in [-0.39, 0.29) is 6.61 Å². The lowest BCUT2D eigenvalue weighted by atomic mass is 10.1. The lowest BCUT2D eigenvalue weighted by Crippen LogP contribution is -2.13. The fourth-order valence-electron chi connectivity index (χ4n) is 1.18. The van der Waals surface area contributed by atoms with E-state index in [1.807, 2.05) is 6.07 Å². The Morgan fingerprint density at radius 2 is 2.33 bits per heavy atom. The van der Waals surface area contributed by atoms with Crippen molar-refractivity contribution in [3.05, 3.63) is 12.3 Å². The maximum Gasteiger partial charge on any atom is 0.224 e. The van der Waals surface area contributed by atoms with Crippen molar-refractivity contribution in [3.63, 3.8) is 0 Å². The van der Waals surface area contributed by atoms with Crippen LogP contribution in [-0.2, 0) is 0 Å². The largest absolute Gasteiger partial charge is 0.396 e. The maximum atomic E-state index is 8.75. The number of hydrogen-bond donors (Lipinski definition) is 3. The molecule has 0 radical (unpaired) electrons. The molecule has 0 aliphatic rings. The first-order valence-electron chi connectivity index (χ1n) is 5.11. The van der Waals surface area contributed by atoms with Crippen LogP contribution in [0.5, 0.6) is 0 Å². The highest BCUT2D eigenvalue weighted by Gasteiger charge is 2.02. The zero-order valence-electron chi connectivity index (χ0n) is 9.20. The first-order chi connectivity index (χ1) is 7.26. The lowest BCUT2D eigenvalue weighted by Gasteiger charge is -2.11. The quantitative estimate of drug-likeness (QED) is 0.652. The summed E-state index contributed by atoms with van der Waals surface area (Å²) in [5.74, 6) is 1.84. The maximum absolute atomic E-state index is 8.75. The summed E-state index contributed by atoms with van der Waals surface area (Å²) in [6.45, 7) is 3.12. The van der Waals surface area contributed by atoms with Gasteiger partial charge in [-0.2, -0.15) is 4.98 Å². The van der Waals surface area contributed by atoms with Gasteiger partial charge in [0, 0.05) is 26.4 Å². The summed E-state index contributed by atoms with van der Waals surface area (Å²) < 4.78 is 0. The predicted octanol–water partition coefficient (Wildman–Crippen LogP) is 0.949. The van der Waals surface area contributed by atoms with Crippen molar-refractivity contribution in [2.45, 2.75) is 13.3 Å². The Kier molecular flexibility index (Phi) is 4.83. The predicted molar refractivity (Wildman–Crippen MR) is 60.9 cm³/mol. The topological polar surface area (TPSA) is 70.1 Å². The highest BCUT2D eigenvalue weighted by Crippen LogP contribution is 2.07. The third kappa shape index (κ3) is 4.12. The smallest absolute Gasteiger partial charge is 0.224 e. The normalized spacial score (nSPS) is 12.2. The second-order valence-corrected chi connectivity index (χ2v) is 3.51. The van der Waals surface area contributed by atoms with Gasteiger partial charge >= 0.3 is 0 Å².